The highest BCUT2D eigenvalue weighted by Crippen LogP contribution is 2.33. The molecule has 1 amide bonds. The van der Waals surface area contributed by atoms with Crippen LogP contribution in [0.4, 0.5) is 5.82 Å². The molecule has 10 nitrogen and oxygen atoms in total. The van der Waals surface area contributed by atoms with Crippen molar-refractivity contribution >= 4 is 38.9 Å². The molecule has 0 aliphatic carbocycles. The summed E-state index contributed by atoms with van der Waals surface area (Å²) in [5, 5.41) is 25.2. The van der Waals surface area contributed by atoms with Gasteiger partial charge in [0.05, 0.1) is 10.6 Å². The first-order chi connectivity index (χ1) is 16.1. The van der Waals surface area contributed by atoms with Crippen molar-refractivity contribution in [2.75, 3.05) is 5.32 Å². The third-order valence-electron chi connectivity index (χ3n) is 4.78. The first kappa shape index (κ1) is 23.0. The molecule has 4 rings (SSSR count). The summed E-state index contributed by atoms with van der Waals surface area (Å²) in [6.07, 6.45) is 1.42. The van der Waals surface area contributed by atoms with Gasteiger partial charge in [-0.1, -0.05) is 47.7 Å². The predicted molar refractivity (Wildman–Crippen MR) is 129 cm³/mol. The van der Waals surface area contributed by atoms with Crippen molar-refractivity contribution in [3.05, 3.63) is 77.3 Å². The topological polar surface area (TPSA) is 185 Å². The summed E-state index contributed by atoms with van der Waals surface area (Å²) in [5.41, 5.74) is 7.63. The van der Waals surface area contributed by atoms with E-state index in [4.69, 9.17) is 16.3 Å². The molecule has 34 heavy (non-hydrogen) atoms. The Bertz CT molecular complexity index is 1510. The molecule has 4 aromatic rings. The van der Waals surface area contributed by atoms with Crippen molar-refractivity contribution in [1.82, 2.24) is 9.97 Å². The van der Waals surface area contributed by atoms with Crippen LogP contribution < -0.4 is 16.2 Å². The minimum atomic E-state index is -3.93. The highest BCUT2D eigenvalue weighted by atomic mass is 32.2. The number of nitrogens with zero attached hydrogens (tertiary/aromatic N) is 2. The molecule has 0 spiro atoms. The Morgan fingerprint density at radius 1 is 1.06 bits per heavy atom. The average molecular weight is 495 g/mol. The van der Waals surface area contributed by atoms with Gasteiger partial charge in [-0.05, 0) is 24.3 Å². The summed E-state index contributed by atoms with van der Waals surface area (Å²) >= 11 is 0.795. The second-order valence-corrected chi connectivity index (χ2v) is 9.60. The standard InChI is InChI=1S/C22H18N6O4S2/c23-20(24)13-5-3-4-12(10-13)18-19(33-22(30)28-18)21(29)27-17-9-8-14(11-26-17)15-6-1-2-7-16(15)34(25,31)32/h1-11H,(H3,23,24)(H,28,30)(H2,25,31,32)(H,26,27,29). The normalized spacial score (nSPS) is 11.2. The van der Waals surface area contributed by atoms with Crippen molar-refractivity contribution in [1.29, 1.82) is 5.41 Å². The zero-order valence-electron chi connectivity index (χ0n) is 17.4. The number of thiazole rings is 1. The number of hydrogen-bond donors (Lipinski definition) is 5. The Morgan fingerprint density at radius 3 is 2.50 bits per heavy atom. The highest BCUT2D eigenvalue weighted by Gasteiger charge is 2.21. The minimum Gasteiger partial charge on any atom is -0.486 e. The van der Waals surface area contributed by atoms with Gasteiger partial charge in [0, 0.05) is 28.5 Å². The molecule has 0 aliphatic rings. The number of pyridine rings is 1. The summed E-state index contributed by atoms with van der Waals surface area (Å²) in [7, 11) is -3.93. The van der Waals surface area contributed by atoms with Crippen LogP contribution in [0.1, 0.15) is 15.2 Å². The Balaban J connectivity index is 1.61. The highest BCUT2D eigenvalue weighted by molar-refractivity contribution is 7.89. The smallest absolute Gasteiger partial charge is 0.272 e. The van der Waals surface area contributed by atoms with Gasteiger partial charge < -0.3 is 16.2 Å². The van der Waals surface area contributed by atoms with Gasteiger partial charge in [-0.2, -0.15) is 0 Å². The zero-order chi connectivity index (χ0) is 24.5. The second-order valence-electron chi connectivity index (χ2n) is 7.10. The molecule has 2 heterocycles. The van der Waals surface area contributed by atoms with Crippen LogP contribution in [0, 0.1) is 5.41 Å². The Hall–Kier alpha value is -4.13. The van der Waals surface area contributed by atoms with Crippen LogP contribution in [0.3, 0.4) is 0 Å². The molecule has 0 bridgehead atoms. The monoisotopic (exact) mass is 494 g/mol. The number of carbonyl (C=O) groups excluding carboxylic acids is 1. The lowest BCUT2D eigenvalue weighted by Crippen LogP contribution is -2.14. The number of carbonyl (C=O) groups is 1. The number of nitrogens with one attached hydrogen (secondary N) is 2. The van der Waals surface area contributed by atoms with Crippen LogP contribution in [0.15, 0.2) is 71.8 Å². The van der Waals surface area contributed by atoms with Crippen LogP contribution in [0.5, 0.6) is 5.19 Å². The number of primary sulfonamides is 1. The lowest BCUT2D eigenvalue weighted by atomic mass is 10.1. The minimum absolute atomic E-state index is 0.0360. The van der Waals surface area contributed by atoms with Gasteiger partial charge in [-0.3, -0.25) is 10.2 Å². The first-order valence-corrected chi connectivity index (χ1v) is 12.0. The van der Waals surface area contributed by atoms with Crippen LogP contribution in [-0.2, 0) is 10.0 Å². The number of aromatic nitrogens is 2. The van der Waals surface area contributed by atoms with E-state index < -0.39 is 15.9 Å². The summed E-state index contributed by atoms with van der Waals surface area (Å²) in [6.45, 7) is 0. The van der Waals surface area contributed by atoms with E-state index in [1.807, 2.05) is 0 Å². The number of sulfonamides is 1. The number of nitrogens with two attached hydrogens (primary N) is 2. The van der Waals surface area contributed by atoms with Crippen molar-refractivity contribution in [2.24, 2.45) is 10.9 Å². The van der Waals surface area contributed by atoms with E-state index in [2.05, 4.69) is 15.3 Å². The molecule has 7 N–H and O–H groups in total. The molecule has 0 atom stereocenters. The third-order valence-corrected chi connectivity index (χ3v) is 6.60. The van der Waals surface area contributed by atoms with Crippen molar-refractivity contribution in [3.63, 3.8) is 0 Å². The molecule has 2 aromatic carbocycles. The second kappa shape index (κ2) is 9.02. The zero-order valence-corrected chi connectivity index (χ0v) is 19.0. The molecule has 0 saturated heterocycles. The molecule has 0 radical (unpaired) electrons. The lowest BCUT2D eigenvalue weighted by Gasteiger charge is -2.09. The Morgan fingerprint density at radius 2 is 1.82 bits per heavy atom. The molecule has 0 aliphatic heterocycles. The van der Waals surface area contributed by atoms with Crippen LogP contribution in [-0.4, -0.2) is 35.2 Å². The lowest BCUT2D eigenvalue weighted by molar-refractivity contribution is 0.103. The van der Waals surface area contributed by atoms with E-state index in [0.717, 1.165) is 11.3 Å². The van der Waals surface area contributed by atoms with E-state index in [-0.39, 0.29) is 32.3 Å². The average Bonchev–Trinajstić information content (AvgIpc) is 3.21. The number of anilines is 1. The molecule has 2 aromatic heterocycles. The third kappa shape index (κ3) is 4.78. The quantitative estimate of drug-likeness (QED) is 0.201. The molecule has 12 heteroatoms. The van der Waals surface area contributed by atoms with Gasteiger partial charge in [0.1, 0.15) is 16.5 Å². The summed E-state index contributed by atoms with van der Waals surface area (Å²) in [4.78, 5) is 21.3. The largest absolute Gasteiger partial charge is 0.486 e. The van der Waals surface area contributed by atoms with Gasteiger partial charge in [0.25, 0.3) is 11.1 Å². The number of amidine groups is 1. The molecular formula is C22H18N6O4S2. The molecule has 172 valence electrons. The number of hydrogen-bond acceptors (Lipinski definition) is 8. The molecule has 0 unspecified atom stereocenters. The first-order valence-electron chi connectivity index (χ1n) is 9.67. The van der Waals surface area contributed by atoms with Crippen LogP contribution in [0.25, 0.3) is 22.4 Å². The number of nitrogen functional groups attached to an aromatic ring is 1. The SMILES string of the molecule is N=C(N)c1cccc(-c2nc(O)sc2C(=O)Nc2ccc(-c3ccccc3S(N)(=O)=O)cn2)c1. The summed E-state index contributed by atoms with van der Waals surface area (Å²) < 4.78 is 23.7. The number of amides is 1. The summed E-state index contributed by atoms with van der Waals surface area (Å²) in [6, 6.07) is 16.0. The van der Waals surface area contributed by atoms with E-state index in [0.29, 0.717) is 22.3 Å². The van der Waals surface area contributed by atoms with E-state index in [9.17, 15) is 18.3 Å². The Kier molecular flexibility index (Phi) is 6.11. The van der Waals surface area contributed by atoms with E-state index in [1.165, 1.54) is 18.3 Å². The van der Waals surface area contributed by atoms with Crippen LogP contribution >= 0.6 is 11.3 Å². The molecule has 0 saturated carbocycles. The fourth-order valence-corrected chi connectivity index (χ4v) is 4.73. The van der Waals surface area contributed by atoms with Crippen molar-refractivity contribution in [3.8, 4) is 27.6 Å². The van der Waals surface area contributed by atoms with Crippen LogP contribution in [0.2, 0.25) is 0 Å². The fraction of sp³-hybridized carbons (Fsp3) is 0. The molecular weight excluding hydrogens is 476 g/mol. The number of aromatic hydroxyl groups is 1. The van der Waals surface area contributed by atoms with Crippen molar-refractivity contribution < 1.29 is 18.3 Å². The maximum atomic E-state index is 12.9. The van der Waals surface area contributed by atoms with Gasteiger partial charge in [-0.25, -0.2) is 23.5 Å². The van der Waals surface area contributed by atoms with Gasteiger partial charge >= 0.3 is 0 Å². The maximum absolute atomic E-state index is 12.9. The number of benzene rings is 2. The number of rotatable bonds is 6. The van der Waals surface area contributed by atoms with Gasteiger partial charge in [-0.15, -0.1) is 0 Å². The Labute approximate surface area is 198 Å². The summed E-state index contributed by atoms with van der Waals surface area (Å²) in [5.74, 6) is -0.482. The predicted octanol–water partition coefficient (Wildman–Crippen LogP) is 2.76. The van der Waals surface area contributed by atoms with Crippen molar-refractivity contribution in [2.45, 2.75) is 4.90 Å². The maximum Gasteiger partial charge on any atom is 0.272 e. The fourth-order valence-electron chi connectivity index (χ4n) is 3.25. The molecule has 0 fully saturated rings. The van der Waals surface area contributed by atoms with Gasteiger partial charge in [0.2, 0.25) is 10.0 Å². The van der Waals surface area contributed by atoms with E-state index >= 15 is 0 Å². The van der Waals surface area contributed by atoms with E-state index in [1.54, 1.807) is 48.5 Å². The van der Waals surface area contributed by atoms with Gasteiger partial charge in [0.15, 0.2) is 0 Å².